The fourth-order valence-corrected chi connectivity index (χ4v) is 1.57. The lowest BCUT2D eigenvalue weighted by Crippen LogP contribution is -2.06. The highest BCUT2D eigenvalue weighted by atomic mass is 79.9. The molecule has 0 spiro atoms. The summed E-state index contributed by atoms with van der Waals surface area (Å²) in [5, 5.41) is 13.0. The fraction of sp³-hybridized carbons (Fsp3) is 0.200. The van der Waals surface area contributed by atoms with Gasteiger partial charge in [0.1, 0.15) is 12.9 Å². The van der Waals surface area contributed by atoms with Crippen LogP contribution in [-0.2, 0) is 13.2 Å². The summed E-state index contributed by atoms with van der Waals surface area (Å²) >= 11 is 3.38. The van der Waals surface area contributed by atoms with Crippen molar-refractivity contribution >= 4 is 15.9 Å². The van der Waals surface area contributed by atoms with E-state index in [-0.39, 0.29) is 6.61 Å². The van der Waals surface area contributed by atoms with Gasteiger partial charge in [-0.05, 0) is 17.7 Å². The molecule has 0 fully saturated rings. The first kappa shape index (κ1) is 10.3. The van der Waals surface area contributed by atoms with Crippen LogP contribution in [0.2, 0.25) is 0 Å². The van der Waals surface area contributed by atoms with E-state index in [9.17, 15) is 0 Å². The summed E-state index contributed by atoms with van der Waals surface area (Å²) in [4.78, 5) is 3.94. The van der Waals surface area contributed by atoms with Gasteiger partial charge in [-0.1, -0.05) is 28.1 Å². The van der Waals surface area contributed by atoms with Crippen LogP contribution in [0.1, 0.15) is 11.4 Å². The van der Waals surface area contributed by atoms with Gasteiger partial charge >= 0.3 is 0 Å². The number of benzene rings is 1. The summed E-state index contributed by atoms with van der Waals surface area (Å²) in [5.41, 5.74) is 1.12. The van der Waals surface area contributed by atoms with Gasteiger partial charge in [0.2, 0.25) is 0 Å². The van der Waals surface area contributed by atoms with E-state index < -0.39 is 0 Å². The number of aromatic nitrogens is 3. The van der Waals surface area contributed by atoms with Crippen LogP contribution in [0.15, 0.2) is 35.1 Å². The third-order valence-electron chi connectivity index (χ3n) is 2.08. The molecule has 5 heteroatoms. The molecule has 0 bridgehead atoms. The minimum absolute atomic E-state index is 0.0868. The third kappa shape index (κ3) is 2.43. The van der Waals surface area contributed by atoms with Gasteiger partial charge in [0.25, 0.3) is 0 Å². The molecule has 1 aromatic heterocycles. The maximum atomic E-state index is 9.00. The second-order valence-electron chi connectivity index (χ2n) is 3.12. The summed E-state index contributed by atoms with van der Waals surface area (Å²) in [6, 6.07) is 7.97. The lowest BCUT2D eigenvalue weighted by Gasteiger charge is -2.04. The van der Waals surface area contributed by atoms with Crippen LogP contribution in [0.5, 0.6) is 0 Å². The van der Waals surface area contributed by atoms with Gasteiger partial charge in [-0.15, -0.1) is 0 Å². The molecule has 1 N–H and O–H groups in total. The Morgan fingerprint density at radius 1 is 1.27 bits per heavy atom. The van der Waals surface area contributed by atoms with Crippen LogP contribution >= 0.6 is 15.9 Å². The normalized spacial score (nSPS) is 10.5. The van der Waals surface area contributed by atoms with Crippen LogP contribution < -0.4 is 0 Å². The largest absolute Gasteiger partial charge is 0.388 e. The van der Waals surface area contributed by atoms with Gasteiger partial charge in [-0.25, -0.2) is 9.67 Å². The van der Waals surface area contributed by atoms with E-state index >= 15 is 0 Å². The molecule has 0 saturated carbocycles. The average molecular weight is 268 g/mol. The van der Waals surface area contributed by atoms with Crippen LogP contribution in [0.4, 0.5) is 0 Å². The Morgan fingerprint density at radius 3 is 2.67 bits per heavy atom. The summed E-state index contributed by atoms with van der Waals surface area (Å²) < 4.78 is 2.73. The number of hydrogen-bond acceptors (Lipinski definition) is 3. The molecule has 0 aliphatic heterocycles. The Bertz CT molecular complexity index is 438. The molecule has 2 aromatic rings. The molecule has 0 aliphatic rings. The predicted molar refractivity (Wildman–Crippen MR) is 59.2 cm³/mol. The monoisotopic (exact) mass is 267 g/mol. The van der Waals surface area contributed by atoms with Crippen molar-refractivity contribution in [2.24, 2.45) is 0 Å². The maximum absolute atomic E-state index is 9.00. The lowest BCUT2D eigenvalue weighted by atomic mass is 10.2. The third-order valence-corrected chi connectivity index (χ3v) is 2.61. The molecule has 0 saturated heterocycles. The van der Waals surface area contributed by atoms with Crippen molar-refractivity contribution in [2.75, 3.05) is 0 Å². The van der Waals surface area contributed by atoms with Crippen molar-refractivity contribution in [2.45, 2.75) is 13.2 Å². The molecule has 4 nitrogen and oxygen atoms in total. The van der Waals surface area contributed by atoms with Crippen molar-refractivity contribution in [3.63, 3.8) is 0 Å². The predicted octanol–water partition coefficient (Wildman–Crippen LogP) is 1.58. The Balaban J connectivity index is 2.18. The smallest absolute Gasteiger partial charge is 0.152 e. The standard InChI is InChI=1S/C10H10BrN3O/c11-9-3-1-8(2-4-9)5-14-10(6-15)12-7-13-14/h1-4,7,15H,5-6H2. The van der Waals surface area contributed by atoms with Crippen molar-refractivity contribution in [3.8, 4) is 0 Å². The highest BCUT2D eigenvalue weighted by Gasteiger charge is 2.02. The number of halogens is 1. The van der Waals surface area contributed by atoms with E-state index in [4.69, 9.17) is 5.11 Å². The van der Waals surface area contributed by atoms with Gasteiger partial charge in [-0.3, -0.25) is 0 Å². The van der Waals surface area contributed by atoms with Crippen LogP contribution in [0.25, 0.3) is 0 Å². The van der Waals surface area contributed by atoms with Gasteiger partial charge in [0.05, 0.1) is 6.54 Å². The fourth-order valence-electron chi connectivity index (χ4n) is 1.31. The minimum Gasteiger partial charge on any atom is -0.388 e. The zero-order valence-corrected chi connectivity index (χ0v) is 9.55. The zero-order valence-electron chi connectivity index (χ0n) is 7.97. The Labute approximate surface area is 95.7 Å². The van der Waals surface area contributed by atoms with Gasteiger partial charge in [0.15, 0.2) is 5.82 Å². The molecule has 0 aliphatic carbocycles. The second kappa shape index (κ2) is 4.55. The first-order valence-electron chi connectivity index (χ1n) is 4.51. The SMILES string of the molecule is OCc1ncnn1Cc1ccc(Br)cc1. The van der Waals surface area contributed by atoms with E-state index in [2.05, 4.69) is 26.0 Å². The van der Waals surface area contributed by atoms with E-state index in [0.29, 0.717) is 12.4 Å². The average Bonchev–Trinajstić information content (AvgIpc) is 2.69. The summed E-state index contributed by atoms with van der Waals surface area (Å²) in [7, 11) is 0. The molecule has 1 aromatic carbocycles. The second-order valence-corrected chi connectivity index (χ2v) is 4.03. The van der Waals surface area contributed by atoms with Crippen molar-refractivity contribution in [3.05, 3.63) is 46.5 Å². The highest BCUT2D eigenvalue weighted by Crippen LogP contribution is 2.11. The quantitative estimate of drug-likeness (QED) is 0.919. The summed E-state index contributed by atoms with van der Waals surface area (Å²) in [5.74, 6) is 0.581. The molecule has 0 unspecified atom stereocenters. The maximum Gasteiger partial charge on any atom is 0.152 e. The van der Waals surface area contributed by atoms with Crippen molar-refractivity contribution in [1.29, 1.82) is 0 Å². The van der Waals surface area contributed by atoms with Crippen molar-refractivity contribution in [1.82, 2.24) is 14.8 Å². The van der Waals surface area contributed by atoms with Gasteiger partial charge in [-0.2, -0.15) is 5.10 Å². The summed E-state index contributed by atoms with van der Waals surface area (Å²) in [6.45, 7) is 0.541. The molecule has 0 atom stereocenters. The minimum atomic E-state index is -0.0868. The lowest BCUT2D eigenvalue weighted by molar-refractivity contribution is 0.264. The van der Waals surface area contributed by atoms with Crippen LogP contribution in [-0.4, -0.2) is 19.9 Å². The van der Waals surface area contributed by atoms with Crippen LogP contribution in [0, 0.1) is 0 Å². The molecule has 0 radical (unpaired) electrons. The Hall–Kier alpha value is -1.20. The first-order valence-corrected chi connectivity index (χ1v) is 5.31. The topological polar surface area (TPSA) is 50.9 Å². The van der Waals surface area contributed by atoms with Crippen molar-refractivity contribution < 1.29 is 5.11 Å². The molecule has 2 rings (SSSR count). The highest BCUT2D eigenvalue weighted by molar-refractivity contribution is 9.10. The Kier molecular flexibility index (Phi) is 3.13. The number of aliphatic hydroxyl groups is 1. The van der Waals surface area contributed by atoms with Gasteiger partial charge < -0.3 is 5.11 Å². The summed E-state index contributed by atoms with van der Waals surface area (Å²) in [6.07, 6.45) is 1.45. The molecule has 1 heterocycles. The van der Waals surface area contributed by atoms with Crippen LogP contribution in [0.3, 0.4) is 0 Å². The van der Waals surface area contributed by atoms with E-state index in [1.807, 2.05) is 24.3 Å². The number of rotatable bonds is 3. The van der Waals surface area contributed by atoms with E-state index in [1.165, 1.54) is 6.33 Å². The number of nitrogens with zero attached hydrogens (tertiary/aromatic N) is 3. The van der Waals surface area contributed by atoms with E-state index in [1.54, 1.807) is 4.68 Å². The molecular formula is C10H10BrN3O. The molecular weight excluding hydrogens is 258 g/mol. The first-order chi connectivity index (χ1) is 7.29. The molecule has 15 heavy (non-hydrogen) atoms. The van der Waals surface area contributed by atoms with E-state index in [0.717, 1.165) is 10.0 Å². The Morgan fingerprint density at radius 2 is 2.00 bits per heavy atom. The number of hydrogen-bond donors (Lipinski definition) is 1. The molecule has 0 amide bonds. The van der Waals surface area contributed by atoms with Gasteiger partial charge in [0, 0.05) is 4.47 Å². The number of aliphatic hydroxyl groups excluding tert-OH is 1. The molecule has 78 valence electrons. The zero-order chi connectivity index (χ0) is 10.7.